The predicted octanol–water partition coefficient (Wildman–Crippen LogP) is 0.898. The molecule has 1 aliphatic heterocycles. The number of nitrogens with two attached hydrogens (primary N) is 1. The molecular weight excluding hydrogens is 226 g/mol. The molecule has 0 aliphatic carbocycles. The molecule has 0 saturated heterocycles. The first-order valence-electron chi connectivity index (χ1n) is 5.06. The monoisotopic (exact) mass is 239 g/mol. The van der Waals surface area contributed by atoms with Gasteiger partial charge >= 0.3 is 5.97 Å². The van der Waals surface area contributed by atoms with Gasteiger partial charge in [-0.3, -0.25) is 4.79 Å². The lowest BCUT2D eigenvalue weighted by Gasteiger charge is -2.12. The maximum absolute atomic E-state index is 10.6. The molecule has 1 heterocycles. The standard InChI is InChI=1S/C11H13NO5/c1-15-8-2-6(7(12)4-10(13)14)3-9-11(8)17-5-16-9/h2-3,7H,4-5,12H2,1H3,(H,13,14). The summed E-state index contributed by atoms with van der Waals surface area (Å²) in [4.78, 5) is 10.6. The van der Waals surface area contributed by atoms with E-state index in [4.69, 9.17) is 25.1 Å². The highest BCUT2D eigenvalue weighted by Crippen LogP contribution is 2.42. The second kappa shape index (κ2) is 4.50. The van der Waals surface area contributed by atoms with Gasteiger partial charge in [-0.25, -0.2) is 0 Å². The number of hydrogen-bond donors (Lipinski definition) is 2. The third-order valence-electron chi connectivity index (χ3n) is 2.50. The van der Waals surface area contributed by atoms with E-state index in [0.717, 1.165) is 0 Å². The van der Waals surface area contributed by atoms with Crippen molar-refractivity contribution in [3.8, 4) is 17.2 Å². The Hall–Kier alpha value is -1.95. The Kier molecular flexibility index (Phi) is 3.06. The quantitative estimate of drug-likeness (QED) is 0.811. The highest BCUT2D eigenvalue weighted by atomic mass is 16.7. The first-order chi connectivity index (χ1) is 8.11. The summed E-state index contributed by atoms with van der Waals surface area (Å²) in [5.74, 6) is 0.601. The van der Waals surface area contributed by atoms with Crippen LogP contribution in [-0.2, 0) is 4.79 Å². The zero-order valence-electron chi connectivity index (χ0n) is 9.30. The lowest BCUT2D eigenvalue weighted by atomic mass is 10.0. The molecule has 0 aromatic heterocycles. The summed E-state index contributed by atoms with van der Waals surface area (Å²) < 4.78 is 15.6. The number of aliphatic carboxylic acids is 1. The molecule has 6 heteroatoms. The number of fused-ring (bicyclic) bond motifs is 1. The fraction of sp³-hybridized carbons (Fsp3) is 0.364. The molecule has 0 spiro atoms. The van der Waals surface area contributed by atoms with Gasteiger partial charge in [0, 0.05) is 6.04 Å². The minimum absolute atomic E-state index is 0.128. The molecule has 0 bridgehead atoms. The van der Waals surface area contributed by atoms with E-state index < -0.39 is 12.0 Å². The van der Waals surface area contributed by atoms with Crippen molar-refractivity contribution in [2.24, 2.45) is 5.73 Å². The van der Waals surface area contributed by atoms with Crippen LogP contribution in [0.15, 0.2) is 12.1 Å². The molecule has 0 fully saturated rings. The summed E-state index contributed by atoms with van der Waals surface area (Å²) >= 11 is 0. The first kappa shape index (κ1) is 11.5. The molecular formula is C11H13NO5. The molecule has 0 radical (unpaired) electrons. The van der Waals surface area contributed by atoms with Gasteiger partial charge in [0.1, 0.15) is 0 Å². The van der Waals surface area contributed by atoms with Gasteiger partial charge in [0.15, 0.2) is 11.5 Å². The van der Waals surface area contributed by atoms with Gasteiger partial charge in [-0.15, -0.1) is 0 Å². The number of hydrogen-bond acceptors (Lipinski definition) is 5. The van der Waals surface area contributed by atoms with Crippen molar-refractivity contribution in [1.82, 2.24) is 0 Å². The van der Waals surface area contributed by atoms with Crippen LogP contribution < -0.4 is 19.9 Å². The van der Waals surface area contributed by atoms with Gasteiger partial charge in [0.05, 0.1) is 13.5 Å². The highest BCUT2D eigenvalue weighted by molar-refractivity contribution is 5.68. The van der Waals surface area contributed by atoms with Crippen LogP contribution in [0.2, 0.25) is 0 Å². The summed E-state index contributed by atoms with van der Waals surface area (Å²) in [6, 6.07) is 2.75. The third kappa shape index (κ3) is 2.26. The SMILES string of the molecule is COc1cc(C(N)CC(=O)O)cc2c1OCO2. The van der Waals surface area contributed by atoms with Gasteiger partial charge < -0.3 is 25.1 Å². The van der Waals surface area contributed by atoms with Crippen molar-refractivity contribution in [3.63, 3.8) is 0 Å². The van der Waals surface area contributed by atoms with Crippen molar-refractivity contribution >= 4 is 5.97 Å². The van der Waals surface area contributed by atoms with E-state index in [9.17, 15) is 4.79 Å². The van der Waals surface area contributed by atoms with E-state index in [2.05, 4.69) is 0 Å². The van der Waals surface area contributed by atoms with Crippen LogP contribution in [0, 0.1) is 0 Å². The number of carboxylic acid groups (broad SMARTS) is 1. The van der Waals surface area contributed by atoms with Crippen LogP contribution in [0.1, 0.15) is 18.0 Å². The zero-order chi connectivity index (χ0) is 12.4. The van der Waals surface area contributed by atoms with Gasteiger partial charge in [0.25, 0.3) is 0 Å². The molecule has 0 amide bonds. The zero-order valence-corrected chi connectivity index (χ0v) is 9.30. The van der Waals surface area contributed by atoms with Crippen LogP contribution in [-0.4, -0.2) is 25.0 Å². The fourth-order valence-electron chi connectivity index (χ4n) is 1.67. The minimum atomic E-state index is -0.950. The van der Waals surface area contributed by atoms with Gasteiger partial charge in [-0.05, 0) is 17.7 Å². The average molecular weight is 239 g/mol. The van der Waals surface area contributed by atoms with Crippen molar-refractivity contribution in [1.29, 1.82) is 0 Å². The maximum atomic E-state index is 10.6. The van der Waals surface area contributed by atoms with Crippen molar-refractivity contribution in [3.05, 3.63) is 17.7 Å². The van der Waals surface area contributed by atoms with Crippen LogP contribution in [0.3, 0.4) is 0 Å². The lowest BCUT2D eigenvalue weighted by molar-refractivity contribution is -0.137. The Labute approximate surface area is 97.9 Å². The molecule has 2 rings (SSSR count). The fourth-order valence-corrected chi connectivity index (χ4v) is 1.67. The smallest absolute Gasteiger partial charge is 0.305 e. The second-order valence-corrected chi connectivity index (χ2v) is 3.66. The summed E-state index contributed by atoms with van der Waals surface area (Å²) in [5.41, 5.74) is 6.43. The van der Waals surface area contributed by atoms with E-state index >= 15 is 0 Å². The number of carbonyl (C=O) groups is 1. The summed E-state index contributed by atoms with van der Waals surface area (Å²) in [6.45, 7) is 0.128. The molecule has 6 nitrogen and oxygen atoms in total. The Balaban J connectivity index is 2.33. The molecule has 1 aromatic rings. The number of rotatable bonds is 4. The largest absolute Gasteiger partial charge is 0.493 e. The van der Waals surface area contributed by atoms with Crippen molar-refractivity contribution in [2.75, 3.05) is 13.9 Å². The number of benzene rings is 1. The van der Waals surface area contributed by atoms with Gasteiger partial charge in [0.2, 0.25) is 12.5 Å². The van der Waals surface area contributed by atoms with Crippen LogP contribution in [0.25, 0.3) is 0 Å². The molecule has 1 unspecified atom stereocenters. The Morgan fingerprint density at radius 2 is 2.35 bits per heavy atom. The van der Waals surface area contributed by atoms with Crippen LogP contribution in [0.5, 0.6) is 17.2 Å². The van der Waals surface area contributed by atoms with Crippen LogP contribution in [0.4, 0.5) is 0 Å². The van der Waals surface area contributed by atoms with E-state index in [1.54, 1.807) is 12.1 Å². The van der Waals surface area contributed by atoms with Gasteiger partial charge in [-0.1, -0.05) is 0 Å². The average Bonchev–Trinajstić information content (AvgIpc) is 2.74. The topological polar surface area (TPSA) is 91.0 Å². The lowest BCUT2D eigenvalue weighted by Crippen LogP contribution is -2.15. The first-order valence-corrected chi connectivity index (χ1v) is 5.06. The second-order valence-electron chi connectivity index (χ2n) is 3.66. The van der Waals surface area contributed by atoms with Crippen molar-refractivity contribution < 1.29 is 24.1 Å². The number of ether oxygens (including phenoxy) is 3. The van der Waals surface area contributed by atoms with Gasteiger partial charge in [-0.2, -0.15) is 0 Å². The number of carboxylic acids is 1. The summed E-state index contributed by atoms with van der Waals surface area (Å²) in [6.07, 6.45) is -0.150. The normalized spacial score (nSPS) is 14.5. The predicted molar refractivity (Wildman–Crippen MR) is 58.3 cm³/mol. The molecule has 3 N–H and O–H groups in total. The highest BCUT2D eigenvalue weighted by Gasteiger charge is 2.22. The maximum Gasteiger partial charge on any atom is 0.305 e. The van der Waals surface area contributed by atoms with Crippen LogP contribution >= 0.6 is 0 Å². The Morgan fingerprint density at radius 3 is 3.00 bits per heavy atom. The Morgan fingerprint density at radius 1 is 1.59 bits per heavy atom. The van der Waals surface area contributed by atoms with E-state index in [0.29, 0.717) is 22.8 Å². The Bertz CT molecular complexity index is 446. The summed E-state index contributed by atoms with van der Waals surface area (Å²) in [5, 5.41) is 8.70. The van der Waals surface area contributed by atoms with E-state index in [1.165, 1.54) is 7.11 Å². The number of methoxy groups -OCH3 is 1. The molecule has 17 heavy (non-hydrogen) atoms. The molecule has 0 saturated carbocycles. The third-order valence-corrected chi connectivity index (χ3v) is 2.50. The van der Waals surface area contributed by atoms with E-state index in [-0.39, 0.29) is 13.2 Å². The molecule has 1 aromatic carbocycles. The molecule has 1 aliphatic rings. The molecule has 1 atom stereocenters. The van der Waals surface area contributed by atoms with Crippen molar-refractivity contribution in [2.45, 2.75) is 12.5 Å². The molecule has 92 valence electrons. The summed E-state index contributed by atoms with van der Waals surface area (Å²) in [7, 11) is 1.50. The van der Waals surface area contributed by atoms with E-state index in [1.807, 2.05) is 0 Å². The minimum Gasteiger partial charge on any atom is -0.493 e.